The molecule has 1 aromatic carbocycles. The molecule has 1 fully saturated rings. The fourth-order valence-corrected chi connectivity index (χ4v) is 2.62. The summed E-state index contributed by atoms with van der Waals surface area (Å²) >= 11 is 0. The van der Waals surface area contributed by atoms with Crippen molar-refractivity contribution in [3.05, 3.63) is 35.9 Å². The molecule has 0 aromatic heterocycles. The molecule has 1 aliphatic heterocycles. The molecule has 22 heavy (non-hydrogen) atoms. The molecule has 6 heteroatoms. The van der Waals surface area contributed by atoms with Crippen LogP contribution in [0.25, 0.3) is 0 Å². The van der Waals surface area contributed by atoms with E-state index in [9.17, 15) is 9.59 Å². The Labute approximate surface area is 130 Å². The van der Waals surface area contributed by atoms with E-state index in [1.807, 2.05) is 37.3 Å². The fourth-order valence-electron chi connectivity index (χ4n) is 2.62. The predicted molar refractivity (Wildman–Crippen MR) is 83.1 cm³/mol. The molecular weight excluding hydrogens is 282 g/mol. The third-order valence-electron chi connectivity index (χ3n) is 3.80. The molecule has 1 saturated heterocycles. The molecule has 2 rings (SSSR count). The summed E-state index contributed by atoms with van der Waals surface area (Å²) in [5.41, 5.74) is 1.08. The van der Waals surface area contributed by atoms with Crippen LogP contribution in [-0.2, 0) is 11.3 Å². The van der Waals surface area contributed by atoms with Gasteiger partial charge in [-0.15, -0.1) is 0 Å². The van der Waals surface area contributed by atoms with Crippen LogP contribution >= 0.6 is 0 Å². The summed E-state index contributed by atoms with van der Waals surface area (Å²) < 4.78 is 0. The van der Waals surface area contributed by atoms with Crippen LogP contribution in [0, 0.1) is 0 Å². The molecule has 3 amide bonds. The van der Waals surface area contributed by atoms with Gasteiger partial charge in [0.25, 0.3) is 0 Å². The van der Waals surface area contributed by atoms with E-state index in [2.05, 4.69) is 5.32 Å². The molecule has 0 radical (unpaired) electrons. The van der Waals surface area contributed by atoms with E-state index in [-0.39, 0.29) is 24.6 Å². The van der Waals surface area contributed by atoms with Crippen LogP contribution < -0.4 is 5.32 Å². The number of urea groups is 1. The lowest BCUT2D eigenvalue weighted by atomic mass is 10.2. The van der Waals surface area contributed by atoms with Crippen molar-refractivity contribution in [2.45, 2.75) is 25.9 Å². The number of benzene rings is 1. The minimum absolute atomic E-state index is 0.0550. The molecule has 6 nitrogen and oxygen atoms in total. The lowest BCUT2D eigenvalue weighted by molar-refractivity contribution is -0.128. The largest absolute Gasteiger partial charge is 0.395 e. The molecular formula is C16H23N3O3. The zero-order valence-corrected chi connectivity index (χ0v) is 12.9. The number of nitrogens with zero attached hydrogens (tertiary/aromatic N) is 2. The van der Waals surface area contributed by atoms with Gasteiger partial charge in [0.2, 0.25) is 5.91 Å². The molecule has 2 N–H and O–H groups in total. The van der Waals surface area contributed by atoms with Crippen molar-refractivity contribution in [3.8, 4) is 0 Å². The van der Waals surface area contributed by atoms with Crippen LogP contribution in [-0.4, -0.2) is 59.1 Å². The summed E-state index contributed by atoms with van der Waals surface area (Å²) in [6.45, 7) is 3.72. The molecule has 1 aromatic rings. The van der Waals surface area contributed by atoms with Gasteiger partial charge in [0, 0.05) is 32.6 Å². The number of carbonyl (C=O) groups is 2. The summed E-state index contributed by atoms with van der Waals surface area (Å²) in [6, 6.07) is 9.41. The average Bonchev–Trinajstić information content (AvgIpc) is 2.85. The predicted octanol–water partition coefficient (Wildman–Crippen LogP) is 0.811. The lowest BCUT2D eigenvalue weighted by Crippen LogP contribution is -2.46. The first kappa shape index (κ1) is 16.3. The lowest BCUT2D eigenvalue weighted by Gasteiger charge is -2.23. The van der Waals surface area contributed by atoms with E-state index < -0.39 is 0 Å². The normalized spacial score (nSPS) is 17.6. The second-order valence-corrected chi connectivity index (χ2v) is 5.41. The van der Waals surface area contributed by atoms with Crippen LogP contribution in [0.4, 0.5) is 4.79 Å². The second-order valence-electron chi connectivity index (χ2n) is 5.41. The number of likely N-dealkylation sites (tertiary alicyclic amines) is 1. The summed E-state index contributed by atoms with van der Waals surface area (Å²) in [4.78, 5) is 27.4. The number of hydrogen-bond donors (Lipinski definition) is 2. The highest BCUT2D eigenvalue weighted by Crippen LogP contribution is 2.15. The molecule has 120 valence electrons. The molecule has 0 aliphatic carbocycles. The zero-order valence-electron chi connectivity index (χ0n) is 12.9. The second kappa shape index (κ2) is 7.79. The van der Waals surface area contributed by atoms with E-state index >= 15 is 0 Å². The van der Waals surface area contributed by atoms with E-state index in [1.165, 1.54) is 4.90 Å². The Balaban J connectivity index is 1.88. The number of aliphatic hydroxyl groups is 1. The first-order chi connectivity index (χ1) is 10.6. The van der Waals surface area contributed by atoms with Gasteiger partial charge in [0.05, 0.1) is 12.6 Å². The first-order valence-electron chi connectivity index (χ1n) is 7.62. The van der Waals surface area contributed by atoms with Crippen LogP contribution in [0.2, 0.25) is 0 Å². The third-order valence-corrected chi connectivity index (χ3v) is 3.80. The van der Waals surface area contributed by atoms with Crippen LogP contribution in [0.15, 0.2) is 30.3 Å². The van der Waals surface area contributed by atoms with Gasteiger partial charge in [-0.25, -0.2) is 4.79 Å². The van der Waals surface area contributed by atoms with Crippen molar-refractivity contribution >= 4 is 11.9 Å². The number of amides is 3. The average molecular weight is 305 g/mol. The maximum absolute atomic E-state index is 12.1. The Morgan fingerprint density at radius 2 is 2.14 bits per heavy atom. The van der Waals surface area contributed by atoms with Crippen LogP contribution in [0.1, 0.15) is 18.9 Å². The van der Waals surface area contributed by atoms with E-state index in [0.29, 0.717) is 32.6 Å². The number of hydrogen-bond acceptors (Lipinski definition) is 3. The number of nitrogens with one attached hydrogen (secondary N) is 1. The monoisotopic (exact) mass is 305 g/mol. The van der Waals surface area contributed by atoms with Gasteiger partial charge in [-0.3, -0.25) is 4.79 Å². The summed E-state index contributed by atoms with van der Waals surface area (Å²) in [5.74, 6) is 0.0550. The Kier molecular flexibility index (Phi) is 5.77. The van der Waals surface area contributed by atoms with Crippen molar-refractivity contribution in [1.29, 1.82) is 0 Å². The number of rotatable bonds is 6. The Bertz CT molecular complexity index is 507. The number of likely N-dealkylation sites (N-methyl/N-ethyl adjacent to an activating group) is 1. The van der Waals surface area contributed by atoms with E-state index in [0.717, 1.165) is 5.56 Å². The van der Waals surface area contributed by atoms with Gasteiger partial charge in [0.1, 0.15) is 0 Å². The van der Waals surface area contributed by atoms with Gasteiger partial charge in [-0.05, 0) is 12.5 Å². The smallest absolute Gasteiger partial charge is 0.317 e. The zero-order chi connectivity index (χ0) is 15.9. The summed E-state index contributed by atoms with van der Waals surface area (Å²) in [6.07, 6.45) is 0.329. The highest BCUT2D eigenvalue weighted by molar-refractivity contribution is 5.81. The van der Waals surface area contributed by atoms with Crippen molar-refractivity contribution in [2.24, 2.45) is 0 Å². The standard InChI is InChI=1S/C16H23N3O3/c1-2-18(8-9-20)16(22)17-14-10-15(21)19(12-14)11-13-6-4-3-5-7-13/h3-7,14,20H,2,8-12H2,1H3,(H,17,22). The SMILES string of the molecule is CCN(CCO)C(=O)NC1CC(=O)N(Cc2ccccc2)C1. The third kappa shape index (κ3) is 4.21. The van der Waals surface area contributed by atoms with Crippen LogP contribution in [0.3, 0.4) is 0 Å². The minimum Gasteiger partial charge on any atom is -0.395 e. The van der Waals surface area contributed by atoms with Gasteiger partial charge < -0.3 is 20.2 Å². The highest BCUT2D eigenvalue weighted by Gasteiger charge is 2.31. The van der Waals surface area contributed by atoms with Gasteiger partial charge >= 0.3 is 6.03 Å². The van der Waals surface area contributed by atoms with E-state index in [1.54, 1.807) is 4.90 Å². The first-order valence-corrected chi connectivity index (χ1v) is 7.62. The molecule has 0 bridgehead atoms. The van der Waals surface area contributed by atoms with Crippen LogP contribution in [0.5, 0.6) is 0 Å². The molecule has 1 unspecified atom stereocenters. The molecule has 1 aliphatic rings. The summed E-state index contributed by atoms with van der Waals surface area (Å²) in [5, 5.41) is 11.8. The van der Waals surface area contributed by atoms with Crippen molar-refractivity contribution in [1.82, 2.24) is 15.1 Å². The maximum atomic E-state index is 12.1. The van der Waals surface area contributed by atoms with Gasteiger partial charge in [0.15, 0.2) is 0 Å². The van der Waals surface area contributed by atoms with Gasteiger partial charge in [-0.1, -0.05) is 30.3 Å². The number of carbonyl (C=O) groups excluding carboxylic acids is 2. The molecule has 1 atom stereocenters. The highest BCUT2D eigenvalue weighted by atomic mass is 16.3. The number of aliphatic hydroxyl groups excluding tert-OH is 1. The quantitative estimate of drug-likeness (QED) is 0.817. The Morgan fingerprint density at radius 1 is 1.41 bits per heavy atom. The molecule has 1 heterocycles. The maximum Gasteiger partial charge on any atom is 0.317 e. The minimum atomic E-state index is -0.226. The van der Waals surface area contributed by atoms with Crippen molar-refractivity contribution in [3.63, 3.8) is 0 Å². The molecule has 0 spiro atoms. The van der Waals surface area contributed by atoms with Gasteiger partial charge in [-0.2, -0.15) is 0 Å². The topological polar surface area (TPSA) is 72.9 Å². The fraction of sp³-hybridized carbons (Fsp3) is 0.500. The summed E-state index contributed by atoms with van der Waals surface area (Å²) in [7, 11) is 0. The Morgan fingerprint density at radius 3 is 2.77 bits per heavy atom. The van der Waals surface area contributed by atoms with Crippen molar-refractivity contribution in [2.75, 3.05) is 26.2 Å². The van der Waals surface area contributed by atoms with E-state index in [4.69, 9.17) is 5.11 Å². The molecule has 0 saturated carbocycles. The Hall–Kier alpha value is -2.08. The van der Waals surface area contributed by atoms with Crippen molar-refractivity contribution < 1.29 is 14.7 Å².